The predicted molar refractivity (Wildman–Crippen MR) is 145 cm³/mol. The summed E-state index contributed by atoms with van der Waals surface area (Å²) in [6, 6.07) is 29.2. The predicted octanol–water partition coefficient (Wildman–Crippen LogP) is 7.08. The van der Waals surface area contributed by atoms with Gasteiger partial charge in [0.25, 0.3) is 5.91 Å². The second-order valence-corrected chi connectivity index (χ2v) is 9.51. The number of rotatable bonds is 5. The molecule has 5 nitrogen and oxygen atoms in total. The van der Waals surface area contributed by atoms with Crippen molar-refractivity contribution in [2.75, 3.05) is 4.90 Å². The second-order valence-electron chi connectivity index (χ2n) is 9.07. The summed E-state index contributed by atoms with van der Waals surface area (Å²) in [4.78, 5) is 29.1. The van der Waals surface area contributed by atoms with Crippen molar-refractivity contribution in [2.24, 2.45) is 0 Å². The Bertz CT molecular complexity index is 1690. The molecule has 0 aliphatic carbocycles. The van der Waals surface area contributed by atoms with E-state index < -0.39 is 6.04 Å². The first-order valence-electron chi connectivity index (χ1n) is 11.9. The summed E-state index contributed by atoms with van der Waals surface area (Å²) in [5.41, 5.74) is 3.89. The van der Waals surface area contributed by atoms with E-state index in [0.29, 0.717) is 39.6 Å². The quantitative estimate of drug-likeness (QED) is 0.255. The van der Waals surface area contributed by atoms with Crippen LogP contribution < -0.4 is 15.1 Å². The molecule has 0 saturated carbocycles. The molecule has 1 aliphatic rings. The van der Waals surface area contributed by atoms with Crippen molar-refractivity contribution in [3.63, 3.8) is 0 Å². The van der Waals surface area contributed by atoms with Gasteiger partial charge in [-0.3, -0.25) is 14.5 Å². The van der Waals surface area contributed by atoms with E-state index in [2.05, 4.69) is 0 Å². The van der Waals surface area contributed by atoms with Crippen LogP contribution in [0.3, 0.4) is 0 Å². The van der Waals surface area contributed by atoms with E-state index in [0.717, 1.165) is 16.7 Å². The van der Waals surface area contributed by atoms with Gasteiger partial charge in [-0.05, 0) is 66.1 Å². The molecule has 1 amide bonds. The van der Waals surface area contributed by atoms with Gasteiger partial charge in [-0.2, -0.15) is 0 Å². The van der Waals surface area contributed by atoms with Crippen LogP contribution in [0.25, 0.3) is 11.0 Å². The maximum Gasteiger partial charge on any atom is 0.295 e. The molecule has 2 heterocycles. The van der Waals surface area contributed by atoms with Gasteiger partial charge in [-0.15, -0.1) is 0 Å². The Balaban J connectivity index is 1.45. The summed E-state index contributed by atoms with van der Waals surface area (Å²) in [5, 5.41) is 0.772. The lowest BCUT2D eigenvalue weighted by Gasteiger charge is -2.25. The molecule has 4 aromatic carbocycles. The third-order valence-electron chi connectivity index (χ3n) is 6.56. The number of fused-ring (bicyclic) bond motifs is 2. The number of anilines is 1. The number of halogens is 1. The van der Waals surface area contributed by atoms with Gasteiger partial charge in [-0.25, -0.2) is 0 Å². The molecule has 0 saturated heterocycles. The Morgan fingerprint density at radius 1 is 0.892 bits per heavy atom. The zero-order valence-electron chi connectivity index (χ0n) is 20.0. The Morgan fingerprint density at radius 2 is 1.68 bits per heavy atom. The smallest absolute Gasteiger partial charge is 0.295 e. The molecule has 0 spiro atoms. The van der Waals surface area contributed by atoms with Gasteiger partial charge in [0.1, 0.15) is 17.9 Å². The van der Waals surface area contributed by atoms with Gasteiger partial charge in [0.05, 0.1) is 17.0 Å². The highest BCUT2D eigenvalue weighted by Gasteiger charge is 2.43. The zero-order valence-corrected chi connectivity index (χ0v) is 20.7. The third kappa shape index (κ3) is 4.17. The summed E-state index contributed by atoms with van der Waals surface area (Å²) in [5.74, 6) is 0.385. The monoisotopic (exact) mass is 507 g/mol. The van der Waals surface area contributed by atoms with Crippen molar-refractivity contribution < 1.29 is 13.9 Å². The van der Waals surface area contributed by atoms with Crippen LogP contribution in [0.4, 0.5) is 5.69 Å². The van der Waals surface area contributed by atoms with Crippen molar-refractivity contribution in [1.82, 2.24) is 0 Å². The summed E-state index contributed by atoms with van der Waals surface area (Å²) in [6.07, 6.45) is 0. The molecule has 182 valence electrons. The molecule has 1 aromatic heterocycles. The highest BCUT2D eigenvalue weighted by Crippen LogP contribution is 2.42. The van der Waals surface area contributed by atoms with Crippen molar-refractivity contribution in [3.05, 3.63) is 140 Å². The first kappa shape index (κ1) is 23.1. The first-order chi connectivity index (χ1) is 18.0. The second kappa shape index (κ2) is 9.26. The molecule has 0 fully saturated rings. The Kier molecular flexibility index (Phi) is 5.78. The largest absolute Gasteiger partial charge is 0.489 e. The van der Waals surface area contributed by atoms with Gasteiger partial charge in [0.15, 0.2) is 5.43 Å². The lowest BCUT2D eigenvalue weighted by Crippen LogP contribution is -2.29. The molecule has 6 rings (SSSR count). The number of aryl methyl sites for hydroxylation is 1. The van der Waals surface area contributed by atoms with Crippen molar-refractivity contribution in [3.8, 4) is 5.75 Å². The average Bonchev–Trinajstić information content (AvgIpc) is 3.21. The minimum absolute atomic E-state index is 0.0516. The average molecular weight is 508 g/mol. The molecule has 1 unspecified atom stereocenters. The summed E-state index contributed by atoms with van der Waals surface area (Å²) >= 11 is 6.19. The van der Waals surface area contributed by atoms with E-state index >= 15 is 0 Å². The normalized spacial score (nSPS) is 14.7. The van der Waals surface area contributed by atoms with Crippen LogP contribution >= 0.6 is 11.6 Å². The number of ether oxygens (including phenoxy) is 1. The lowest BCUT2D eigenvalue weighted by molar-refractivity contribution is 0.0971. The fourth-order valence-corrected chi connectivity index (χ4v) is 4.96. The molecule has 5 aromatic rings. The van der Waals surface area contributed by atoms with Crippen LogP contribution in [0, 0.1) is 6.92 Å². The molecular weight excluding hydrogens is 486 g/mol. The fourth-order valence-electron chi connectivity index (χ4n) is 4.79. The number of hydrogen-bond acceptors (Lipinski definition) is 4. The Labute approximate surface area is 218 Å². The first-order valence-corrected chi connectivity index (χ1v) is 12.3. The lowest BCUT2D eigenvalue weighted by atomic mass is 9.98. The minimum Gasteiger partial charge on any atom is -0.489 e. The summed E-state index contributed by atoms with van der Waals surface area (Å²) in [6.45, 7) is 2.40. The SMILES string of the molecule is Cc1cccc(N2C(=O)c3oc4ccc(Cl)cc4c(=O)c3C2c2ccc(OCc3ccccc3)cc2)c1. The van der Waals surface area contributed by atoms with Crippen LogP contribution in [0.2, 0.25) is 5.02 Å². The number of amides is 1. The van der Waals surface area contributed by atoms with Crippen molar-refractivity contribution in [2.45, 2.75) is 19.6 Å². The minimum atomic E-state index is -0.660. The van der Waals surface area contributed by atoms with Crippen LogP contribution in [-0.2, 0) is 6.61 Å². The van der Waals surface area contributed by atoms with E-state index in [1.165, 1.54) is 0 Å². The van der Waals surface area contributed by atoms with E-state index in [9.17, 15) is 9.59 Å². The van der Waals surface area contributed by atoms with E-state index in [1.54, 1.807) is 23.1 Å². The number of nitrogens with zero attached hydrogens (tertiary/aromatic N) is 1. The maximum absolute atomic E-state index is 13.7. The van der Waals surface area contributed by atoms with Gasteiger partial charge in [0, 0.05) is 10.7 Å². The number of carbonyl (C=O) groups is 1. The van der Waals surface area contributed by atoms with Crippen LogP contribution in [0.5, 0.6) is 5.75 Å². The van der Waals surface area contributed by atoms with Crippen molar-refractivity contribution >= 4 is 34.2 Å². The molecule has 37 heavy (non-hydrogen) atoms. The summed E-state index contributed by atoms with van der Waals surface area (Å²) < 4.78 is 12.0. The third-order valence-corrected chi connectivity index (χ3v) is 6.79. The van der Waals surface area contributed by atoms with E-state index in [-0.39, 0.29) is 17.1 Å². The van der Waals surface area contributed by atoms with Gasteiger partial charge in [-0.1, -0.05) is 66.2 Å². The molecule has 1 aliphatic heterocycles. The number of carbonyl (C=O) groups excluding carboxylic acids is 1. The maximum atomic E-state index is 13.7. The fraction of sp³-hybridized carbons (Fsp3) is 0.0968. The highest BCUT2D eigenvalue weighted by molar-refractivity contribution is 6.31. The van der Waals surface area contributed by atoms with Crippen molar-refractivity contribution in [1.29, 1.82) is 0 Å². The molecule has 1 atom stereocenters. The Hall–Kier alpha value is -4.35. The number of hydrogen-bond donors (Lipinski definition) is 0. The van der Waals surface area contributed by atoms with Gasteiger partial charge >= 0.3 is 0 Å². The van der Waals surface area contributed by atoms with Crippen LogP contribution in [0.15, 0.2) is 106 Å². The topological polar surface area (TPSA) is 59.8 Å². The summed E-state index contributed by atoms with van der Waals surface area (Å²) in [7, 11) is 0. The molecule has 6 heteroatoms. The highest BCUT2D eigenvalue weighted by atomic mass is 35.5. The molecule has 0 radical (unpaired) electrons. The zero-order chi connectivity index (χ0) is 25.5. The Morgan fingerprint density at radius 3 is 2.43 bits per heavy atom. The van der Waals surface area contributed by atoms with E-state index in [1.807, 2.05) is 85.8 Å². The number of benzene rings is 4. The molecule has 0 bridgehead atoms. The van der Waals surface area contributed by atoms with Crippen LogP contribution in [0.1, 0.15) is 38.9 Å². The van der Waals surface area contributed by atoms with Crippen LogP contribution in [-0.4, -0.2) is 5.91 Å². The van der Waals surface area contributed by atoms with Gasteiger partial charge in [0.2, 0.25) is 5.76 Å². The van der Waals surface area contributed by atoms with Gasteiger partial charge < -0.3 is 9.15 Å². The standard InChI is InChI=1S/C31H22ClNO4/c1-19-6-5-9-23(16-19)33-28(21-10-13-24(14-11-21)36-18-20-7-3-2-4-8-20)27-29(34)25-17-22(32)12-15-26(25)37-30(27)31(33)35/h2-17,28H,18H2,1H3. The van der Waals surface area contributed by atoms with E-state index in [4.69, 9.17) is 20.8 Å². The molecular formula is C31H22ClNO4. The molecule has 0 N–H and O–H groups in total.